The van der Waals surface area contributed by atoms with Crippen LogP contribution in [0.2, 0.25) is 0 Å². The monoisotopic (exact) mass is 282 g/mol. The molecule has 102 valence electrons. The minimum Gasteiger partial charge on any atom is -0.361 e. The number of H-pyrrole nitrogens is 1. The van der Waals surface area contributed by atoms with Crippen LogP contribution >= 0.6 is 11.8 Å². The first-order valence-electron chi connectivity index (χ1n) is 6.50. The summed E-state index contributed by atoms with van der Waals surface area (Å²) < 4.78 is 24.8. The van der Waals surface area contributed by atoms with Crippen LogP contribution in [-0.2, 0) is 6.42 Å². The summed E-state index contributed by atoms with van der Waals surface area (Å²) in [7, 11) is 0. The van der Waals surface area contributed by atoms with E-state index in [0.717, 1.165) is 23.9 Å². The standard InChI is InChI=1S/C14H16F2N2S/c15-14(16)19-11-3-4-13-12(7-11)9(8-18-13)6-10-2-1-5-17-10/h3-4,7-8,10,14,17-18H,1-2,5-6H2/t10-/m1/s1. The Balaban J connectivity index is 1.86. The van der Waals surface area contributed by atoms with E-state index < -0.39 is 5.76 Å². The van der Waals surface area contributed by atoms with Gasteiger partial charge in [-0.3, -0.25) is 0 Å². The number of nitrogens with one attached hydrogen (secondary N) is 2. The number of halogens is 2. The number of rotatable bonds is 4. The predicted octanol–water partition coefficient (Wildman–Crippen LogP) is 3.78. The minimum absolute atomic E-state index is 0.519. The molecular weight excluding hydrogens is 266 g/mol. The van der Waals surface area contributed by atoms with Gasteiger partial charge >= 0.3 is 0 Å². The fourth-order valence-corrected chi connectivity index (χ4v) is 3.24. The largest absolute Gasteiger partial charge is 0.361 e. The van der Waals surface area contributed by atoms with Crippen LogP contribution in [0.3, 0.4) is 0 Å². The molecule has 2 nitrogen and oxygen atoms in total. The van der Waals surface area contributed by atoms with E-state index in [1.54, 1.807) is 6.07 Å². The van der Waals surface area contributed by atoms with Gasteiger partial charge in [-0.2, -0.15) is 8.78 Å². The number of aromatic nitrogens is 1. The lowest BCUT2D eigenvalue weighted by Crippen LogP contribution is -2.23. The Bertz CT molecular complexity index is 562. The third-order valence-electron chi connectivity index (χ3n) is 3.59. The fraction of sp³-hybridized carbons (Fsp3) is 0.429. The summed E-state index contributed by atoms with van der Waals surface area (Å²) in [5.74, 6) is -2.36. The molecule has 0 saturated carbocycles. The normalized spacial score (nSPS) is 19.6. The predicted molar refractivity (Wildman–Crippen MR) is 74.9 cm³/mol. The molecule has 1 aromatic carbocycles. The maximum absolute atomic E-state index is 12.4. The summed E-state index contributed by atoms with van der Waals surface area (Å²) in [5, 5.41) is 4.54. The highest BCUT2D eigenvalue weighted by atomic mass is 32.2. The Morgan fingerprint density at radius 1 is 1.37 bits per heavy atom. The van der Waals surface area contributed by atoms with Crippen molar-refractivity contribution in [1.29, 1.82) is 0 Å². The summed E-state index contributed by atoms with van der Waals surface area (Å²) in [6, 6.07) is 6.01. The molecule has 2 N–H and O–H groups in total. The van der Waals surface area contributed by atoms with Crippen LogP contribution < -0.4 is 5.32 Å². The van der Waals surface area contributed by atoms with E-state index in [-0.39, 0.29) is 0 Å². The maximum Gasteiger partial charge on any atom is 0.288 e. The molecule has 1 saturated heterocycles. The number of fused-ring (bicyclic) bond motifs is 1. The number of hydrogen-bond donors (Lipinski definition) is 2. The maximum atomic E-state index is 12.4. The van der Waals surface area contributed by atoms with Crippen molar-refractivity contribution >= 4 is 22.7 Å². The molecule has 0 radical (unpaired) electrons. The first-order chi connectivity index (χ1) is 9.22. The van der Waals surface area contributed by atoms with Gasteiger partial charge in [0.1, 0.15) is 0 Å². The molecule has 1 aliphatic rings. The average molecular weight is 282 g/mol. The Morgan fingerprint density at radius 2 is 2.26 bits per heavy atom. The van der Waals surface area contributed by atoms with Crippen LogP contribution in [0, 0.1) is 0 Å². The summed E-state index contributed by atoms with van der Waals surface area (Å²) in [5.41, 5.74) is 2.23. The third-order valence-corrected chi connectivity index (χ3v) is 4.30. The highest BCUT2D eigenvalue weighted by molar-refractivity contribution is 7.99. The topological polar surface area (TPSA) is 27.8 Å². The van der Waals surface area contributed by atoms with Crippen LogP contribution in [-0.4, -0.2) is 23.3 Å². The first kappa shape index (κ1) is 12.9. The van der Waals surface area contributed by atoms with Crippen molar-refractivity contribution in [1.82, 2.24) is 10.3 Å². The molecule has 1 atom stereocenters. The van der Waals surface area contributed by atoms with Gasteiger partial charge < -0.3 is 10.3 Å². The van der Waals surface area contributed by atoms with Gasteiger partial charge in [-0.1, -0.05) is 11.8 Å². The van der Waals surface area contributed by atoms with Crippen LogP contribution in [0.1, 0.15) is 18.4 Å². The number of alkyl halides is 2. The van der Waals surface area contributed by atoms with Crippen LogP contribution in [0.4, 0.5) is 8.78 Å². The minimum atomic E-state index is -2.36. The van der Waals surface area contributed by atoms with Crippen molar-refractivity contribution in [2.24, 2.45) is 0 Å². The summed E-state index contributed by atoms with van der Waals surface area (Å²) in [6.07, 6.45) is 5.38. The second-order valence-corrected chi connectivity index (χ2v) is 5.96. The van der Waals surface area contributed by atoms with E-state index in [2.05, 4.69) is 10.3 Å². The lowest BCUT2D eigenvalue weighted by Gasteiger charge is -2.09. The highest BCUT2D eigenvalue weighted by Crippen LogP contribution is 2.30. The molecule has 0 spiro atoms. The molecule has 2 aromatic rings. The lowest BCUT2D eigenvalue weighted by atomic mass is 10.0. The molecule has 19 heavy (non-hydrogen) atoms. The van der Waals surface area contributed by atoms with Crippen LogP contribution in [0.25, 0.3) is 10.9 Å². The zero-order valence-corrected chi connectivity index (χ0v) is 11.3. The van der Waals surface area contributed by atoms with E-state index in [1.807, 2.05) is 18.3 Å². The van der Waals surface area contributed by atoms with Gasteiger partial charge in [0, 0.05) is 28.0 Å². The van der Waals surface area contributed by atoms with Crippen molar-refractivity contribution in [3.63, 3.8) is 0 Å². The molecule has 0 bridgehead atoms. The van der Waals surface area contributed by atoms with Crippen LogP contribution in [0.15, 0.2) is 29.3 Å². The van der Waals surface area contributed by atoms with Gasteiger partial charge in [0.05, 0.1) is 0 Å². The van der Waals surface area contributed by atoms with Crippen molar-refractivity contribution < 1.29 is 8.78 Å². The van der Waals surface area contributed by atoms with Crippen molar-refractivity contribution in [3.05, 3.63) is 30.0 Å². The first-order valence-corrected chi connectivity index (χ1v) is 7.38. The lowest BCUT2D eigenvalue weighted by molar-refractivity contribution is 0.252. The number of aromatic amines is 1. The van der Waals surface area contributed by atoms with Crippen molar-refractivity contribution in [3.8, 4) is 0 Å². The van der Waals surface area contributed by atoms with E-state index in [0.29, 0.717) is 22.7 Å². The van der Waals surface area contributed by atoms with Crippen LogP contribution in [0.5, 0.6) is 0 Å². The van der Waals surface area contributed by atoms with Crippen molar-refractivity contribution in [2.75, 3.05) is 6.54 Å². The molecule has 0 amide bonds. The molecular formula is C14H16F2N2S. The summed E-state index contributed by atoms with van der Waals surface area (Å²) >= 11 is 0.605. The van der Waals surface area contributed by atoms with Gasteiger partial charge in [0.15, 0.2) is 0 Å². The highest BCUT2D eigenvalue weighted by Gasteiger charge is 2.16. The summed E-state index contributed by atoms with van der Waals surface area (Å²) in [4.78, 5) is 3.85. The average Bonchev–Trinajstić information content (AvgIpc) is 3.00. The molecule has 0 aliphatic carbocycles. The SMILES string of the molecule is FC(F)Sc1ccc2[nH]cc(C[C@H]3CCCN3)c2c1. The molecule has 0 unspecified atom stereocenters. The Hall–Kier alpha value is -1.07. The van der Waals surface area contributed by atoms with Gasteiger partial charge in [0.2, 0.25) is 0 Å². The Kier molecular flexibility index (Phi) is 3.75. The zero-order chi connectivity index (χ0) is 13.2. The molecule has 5 heteroatoms. The van der Waals surface area contributed by atoms with E-state index in [9.17, 15) is 8.78 Å². The van der Waals surface area contributed by atoms with Gasteiger partial charge in [-0.15, -0.1) is 0 Å². The van der Waals surface area contributed by atoms with Crippen molar-refractivity contribution in [2.45, 2.75) is 36.0 Å². The van der Waals surface area contributed by atoms with E-state index in [1.165, 1.54) is 18.4 Å². The second-order valence-electron chi connectivity index (χ2n) is 4.90. The van der Waals surface area contributed by atoms with E-state index in [4.69, 9.17) is 0 Å². The summed E-state index contributed by atoms with van der Waals surface area (Å²) in [6.45, 7) is 1.08. The van der Waals surface area contributed by atoms with E-state index >= 15 is 0 Å². The molecule has 3 rings (SSSR count). The third kappa shape index (κ3) is 2.92. The number of thioether (sulfide) groups is 1. The Labute approximate surface area is 115 Å². The van der Waals surface area contributed by atoms with Gasteiger partial charge in [-0.05, 0) is 49.6 Å². The fourth-order valence-electron chi connectivity index (χ4n) is 2.70. The smallest absolute Gasteiger partial charge is 0.288 e. The van der Waals surface area contributed by atoms with Gasteiger partial charge in [-0.25, -0.2) is 0 Å². The second kappa shape index (κ2) is 5.51. The quantitative estimate of drug-likeness (QED) is 0.835. The molecule has 1 aliphatic heterocycles. The van der Waals surface area contributed by atoms with Gasteiger partial charge in [0.25, 0.3) is 5.76 Å². The molecule has 1 fully saturated rings. The Morgan fingerprint density at radius 3 is 3.00 bits per heavy atom. The molecule has 1 aromatic heterocycles. The zero-order valence-electron chi connectivity index (χ0n) is 10.5. The molecule has 2 heterocycles. The number of benzene rings is 1. The number of hydrogen-bond acceptors (Lipinski definition) is 2.